The van der Waals surface area contributed by atoms with E-state index in [0.717, 1.165) is 23.8 Å². The number of benzene rings is 1. The van der Waals surface area contributed by atoms with Crippen LogP contribution in [0.1, 0.15) is 25.7 Å². The van der Waals surface area contributed by atoms with Crippen molar-refractivity contribution < 1.29 is 23.6 Å². The van der Waals surface area contributed by atoms with Gasteiger partial charge in [0.05, 0.1) is 23.8 Å². The van der Waals surface area contributed by atoms with Crippen LogP contribution in [-0.4, -0.2) is 23.8 Å². The van der Waals surface area contributed by atoms with Crippen LogP contribution in [0.5, 0.6) is 5.75 Å². The summed E-state index contributed by atoms with van der Waals surface area (Å²) in [7, 11) is 1.20. The van der Waals surface area contributed by atoms with E-state index in [2.05, 4.69) is 0 Å². The first-order valence-electron chi connectivity index (χ1n) is 7.08. The average molecular weight is 320 g/mol. The van der Waals surface area contributed by atoms with Gasteiger partial charge in [-0.25, -0.2) is 9.29 Å². The number of anilines is 1. The highest BCUT2D eigenvalue weighted by Crippen LogP contribution is 2.40. The van der Waals surface area contributed by atoms with Crippen LogP contribution in [0.25, 0.3) is 0 Å². The lowest BCUT2D eigenvalue weighted by atomic mass is 9.93. The zero-order valence-electron chi connectivity index (χ0n) is 12.3. The fourth-order valence-corrected chi connectivity index (χ4v) is 2.97. The zero-order valence-corrected chi connectivity index (χ0v) is 12.3. The SMILES string of the molecule is COc1cc(N2C(=O)C3=C(CCCC3)C2=O)c(F)cc1[N+](=O)[O-]. The van der Waals surface area contributed by atoms with Crippen molar-refractivity contribution in [2.75, 3.05) is 12.0 Å². The Morgan fingerprint density at radius 3 is 2.22 bits per heavy atom. The maximum atomic E-state index is 14.3. The molecule has 0 fully saturated rings. The molecule has 2 amide bonds. The Morgan fingerprint density at radius 1 is 1.17 bits per heavy atom. The summed E-state index contributed by atoms with van der Waals surface area (Å²) in [6.07, 6.45) is 2.58. The number of nitro benzene ring substituents is 1. The maximum Gasteiger partial charge on any atom is 0.313 e. The molecule has 0 saturated carbocycles. The number of halogens is 1. The number of imide groups is 1. The quantitative estimate of drug-likeness (QED) is 0.485. The average Bonchev–Trinajstić information content (AvgIpc) is 2.79. The van der Waals surface area contributed by atoms with Gasteiger partial charge in [-0.2, -0.15) is 0 Å². The first-order valence-corrected chi connectivity index (χ1v) is 7.08. The highest BCUT2D eigenvalue weighted by atomic mass is 19.1. The number of ether oxygens (including phenoxy) is 1. The number of methoxy groups -OCH3 is 1. The molecule has 2 aliphatic rings. The summed E-state index contributed by atoms with van der Waals surface area (Å²) in [5, 5.41) is 10.9. The molecule has 1 aromatic rings. The smallest absolute Gasteiger partial charge is 0.313 e. The monoisotopic (exact) mass is 320 g/mol. The van der Waals surface area contributed by atoms with E-state index in [1.807, 2.05) is 0 Å². The van der Waals surface area contributed by atoms with Crippen LogP contribution in [0.15, 0.2) is 23.3 Å². The zero-order chi connectivity index (χ0) is 16.7. The van der Waals surface area contributed by atoms with Crippen molar-refractivity contribution in [1.82, 2.24) is 0 Å². The van der Waals surface area contributed by atoms with Gasteiger partial charge in [-0.05, 0) is 25.7 Å². The molecule has 1 aliphatic heterocycles. The fraction of sp³-hybridized carbons (Fsp3) is 0.333. The van der Waals surface area contributed by atoms with Crippen molar-refractivity contribution in [3.8, 4) is 5.75 Å². The number of carbonyl (C=O) groups excluding carboxylic acids is 2. The molecule has 7 nitrogen and oxygen atoms in total. The highest BCUT2D eigenvalue weighted by Gasteiger charge is 2.41. The van der Waals surface area contributed by atoms with Gasteiger partial charge < -0.3 is 4.74 Å². The van der Waals surface area contributed by atoms with Gasteiger partial charge in [0.1, 0.15) is 0 Å². The van der Waals surface area contributed by atoms with Crippen LogP contribution in [0.3, 0.4) is 0 Å². The number of carbonyl (C=O) groups is 2. The number of hydrogen-bond acceptors (Lipinski definition) is 5. The first kappa shape index (κ1) is 15.1. The third-order valence-electron chi connectivity index (χ3n) is 4.08. The van der Waals surface area contributed by atoms with Crippen molar-refractivity contribution in [2.45, 2.75) is 25.7 Å². The van der Waals surface area contributed by atoms with E-state index in [-0.39, 0.29) is 11.4 Å². The van der Waals surface area contributed by atoms with E-state index in [0.29, 0.717) is 30.1 Å². The molecule has 8 heteroatoms. The normalized spacial score (nSPS) is 17.6. The first-order chi connectivity index (χ1) is 11.0. The van der Waals surface area contributed by atoms with Crippen molar-refractivity contribution >= 4 is 23.2 Å². The molecule has 0 radical (unpaired) electrons. The summed E-state index contributed by atoms with van der Waals surface area (Å²) in [6.45, 7) is 0. The number of rotatable bonds is 3. The molecule has 3 rings (SSSR count). The van der Waals surface area contributed by atoms with Crippen molar-refractivity contribution in [3.63, 3.8) is 0 Å². The van der Waals surface area contributed by atoms with Gasteiger partial charge in [-0.3, -0.25) is 19.7 Å². The predicted molar refractivity (Wildman–Crippen MR) is 77.6 cm³/mol. The molecule has 0 bridgehead atoms. The Labute approximate surface area is 130 Å². The van der Waals surface area contributed by atoms with E-state index in [9.17, 15) is 24.1 Å². The van der Waals surface area contributed by atoms with Gasteiger partial charge in [-0.15, -0.1) is 0 Å². The van der Waals surface area contributed by atoms with E-state index >= 15 is 0 Å². The van der Waals surface area contributed by atoms with Crippen molar-refractivity contribution in [1.29, 1.82) is 0 Å². The van der Waals surface area contributed by atoms with Crippen LogP contribution in [0, 0.1) is 15.9 Å². The minimum absolute atomic E-state index is 0.211. The number of hydrogen-bond donors (Lipinski definition) is 0. The van der Waals surface area contributed by atoms with Crippen LogP contribution in [0.4, 0.5) is 15.8 Å². The molecule has 23 heavy (non-hydrogen) atoms. The van der Waals surface area contributed by atoms with Gasteiger partial charge in [0.25, 0.3) is 11.8 Å². The van der Waals surface area contributed by atoms with Gasteiger partial charge in [0.2, 0.25) is 0 Å². The Morgan fingerprint density at radius 2 is 1.74 bits per heavy atom. The summed E-state index contributed by atoms with van der Waals surface area (Å²) < 4.78 is 19.2. The lowest BCUT2D eigenvalue weighted by Gasteiger charge is -2.16. The standard InChI is InChI=1S/C15H13FN2O5/c1-23-13-7-11(10(16)6-12(13)18(21)22)17-14(19)8-4-2-3-5-9(8)15(17)20/h6-7H,2-5H2,1H3. The second kappa shape index (κ2) is 5.45. The topological polar surface area (TPSA) is 89.8 Å². The molecule has 0 spiro atoms. The van der Waals surface area contributed by atoms with Crippen LogP contribution < -0.4 is 9.64 Å². The Kier molecular flexibility index (Phi) is 3.59. The minimum atomic E-state index is -1.01. The minimum Gasteiger partial charge on any atom is -0.490 e. The highest BCUT2D eigenvalue weighted by molar-refractivity contribution is 6.33. The van der Waals surface area contributed by atoms with Crippen LogP contribution in [-0.2, 0) is 9.59 Å². The molecule has 1 heterocycles. The molecule has 1 aliphatic carbocycles. The third kappa shape index (κ3) is 2.26. The molecule has 0 unspecified atom stereocenters. The van der Waals surface area contributed by atoms with Crippen LogP contribution >= 0.6 is 0 Å². The van der Waals surface area contributed by atoms with E-state index < -0.39 is 28.2 Å². The molecule has 1 aromatic carbocycles. The summed E-state index contributed by atoms with van der Waals surface area (Å²) >= 11 is 0. The van der Waals surface area contributed by atoms with Crippen molar-refractivity contribution in [3.05, 3.63) is 39.2 Å². The van der Waals surface area contributed by atoms with Crippen LogP contribution in [0.2, 0.25) is 0 Å². The fourth-order valence-electron chi connectivity index (χ4n) is 2.97. The van der Waals surface area contributed by atoms with Gasteiger partial charge in [0, 0.05) is 17.2 Å². The van der Waals surface area contributed by atoms with Gasteiger partial charge >= 0.3 is 5.69 Å². The second-order valence-electron chi connectivity index (χ2n) is 5.34. The molecular weight excluding hydrogens is 307 g/mol. The molecule has 0 atom stereocenters. The third-order valence-corrected chi connectivity index (χ3v) is 4.08. The number of nitrogens with zero attached hydrogens (tertiary/aromatic N) is 2. The largest absolute Gasteiger partial charge is 0.490 e. The maximum absolute atomic E-state index is 14.3. The lowest BCUT2D eigenvalue weighted by molar-refractivity contribution is -0.385. The predicted octanol–water partition coefficient (Wildman–Crippen LogP) is 2.49. The number of amides is 2. The van der Waals surface area contributed by atoms with Gasteiger partial charge in [0.15, 0.2) is 11.6 Å². The Balaban J connectivity index is 2.08. The summed E-state index contributed by atoms with van der Waals surface area (Å²) in [5.74, 6) is -2.34. The van der Waals surface area contributed by atoms with E-state index in [1.54, 1.807) is 0 Å². The summed E-state index contributed by atoms with van der Waals surface area (Å²) in [6, 6.07) is 1.67. The Hall–Kier alpha value is -2.77. The second-order valence-corrected chi connectivity index (χ2v) is 5.34. The van der Waals surface area contributed by atoms with Gasteiger partial charge in [-0.1, -0.05) is 0 Å². The van der Waals surface area contributed by atoms with Crippen molar-refractivity contribution in [2.24, 2.45) is 0 Å². The van der Waals surface area contributed by atoms with E-state index in [4.69, 9.17) is 4.74 Å². The molecule has 0 aromatic heterocycles. The lowest BCUT2D eigenvalue weighted by Crippen LogP contribution is -2.32. The molecule has 0 saturated heterocycles. The molecule has 120 valence electrons. The van der Waals surface area contributed by atoms with E-state index in [1.165, 1.54) is 7.11 Å². The molecule has 0 N–H and O–H groups in total. The summed E-state index contributed by atoms with van der Waals surface area (Å²) in [4.78, 5) is 35.7. The Bertz CT molecular complexity index is 743. The number of nitro groups is 1. The molecular formula is C15H13FN2O5. The summed E-state index contributed by atoms with van der Waals surface area (Å²) in [5.41, 5.74) is -0.0571.